The highest BCUT2D eigenvalue weighted by Crippen LogP contribution is 2.21. The van der Waals surface area contributed by atoms with Crippen LogP contribution in [-0.2, 0) is 6.42 Å². The highest BCUT2D eigenvalue weighted by atomic mass is 32.1. The summed E-state index contributed by atoms with van der Waals surface area (Å²) in [5, 5.41) is 9.60. The fraction of sp³-hybridized carbons (Fsp3) is 0.500. The van der Waals surface area contributed by atoms with Crippen LogP contribution in [0.15, 0.2) is 29.1 Å². The highest BCUT2D eigenvalue weighted by molar-refractivity contribution is 7.09. The molecule has 0 aliphatic heterocycles. The normalized spacial score (nSPS) is 10.8. The van der Waals surface area contributed by atoms with E-state index < -0.39 is 0 Å². The maximum Gasteiger partial charge on any atom is 0.307 e. The number of ether oxygens (including phenoxy) is 1. The van der Waals surface area contributed by atoms with E-state index >= 15 is 0 Å². The molecule has 2 N–H and O–H groups in total. The van der Waals surface area contributed by atoms with Gasteiger partial charge in [0.15, 0.2) is 0 Å². The fourth-order valence-electron chi connectivity index (χ4n) is 2.43. The Morgan fingerprint density at radius 2 is 1.78 bits per heavy atom. The van der Waals surface area contributed by atoms with E-state index in [-0.39, 0.29) is 10.8 Å². The van der Waals surface area contributed by atoms with E-state index in [1.807, 2.05) is 24.3 Å². The van der Waals surface area contributed by atoms with E-state index in [2.05, 4.69) is 11.9 Å². The SMILES string of the molecule is CCCCCCCCOc1ccc(Cc2sc(=O)[nH]c2O)cc1. The standard InChI is InChI=1S/C18H25NO3S/c1-2-3-4-5-6-7-12-22-15-10-8-14(9-11-15)13-16-17(20)19-18(21)23-16/h8-11,20H,2-7,12-13H2,1H3,(H,19,21). The van der Waals surface area contributed by atoms with E-state index in [9.17, 15) is 9.90 Å². The molecule has 4 nitrogen and oxygen atoms in total. The van der Waals surface area contributed by atoms with Crippen molar-refractivity contribution in [1.82, 2.24) is 4.98 Å². The molecule has 0 aliphatic rings. The van der Waals surface area contributed by atoms with Crippen molar-refractivity contribution in [1.29, 1.82) is 0 Å². The second-order valence-electron chi connectivity index (χ2n) is 5.72. The van der Waals surface area contributed by atoms with Crippen molar-refractivity contribution in [2.45, 2.75) is 51.9 Å². The molecule has 2 rings (SSSR count). The summed E-state index contributed by atoms with van der Waals surface area (Å²) in [4.78, 5) is 14.0. The molecule has 0 atom stereocenters. The molecule has 2 aromatic rings. The maximum absolute atomic E-state index is 11.2. The summed E-state index contributed by atoms with van der Waals surface area (Å²) in [6, 6.07) is 7.83. The molecule has 5 heteroatoms. The van der Waals surface area contributed by atoms with E-state index in [4.69, 9.17) is 4.74 Å². The molecule has 0 saturated carbocycles. The Bertz CT molecular complexity index is 630. The van der Waals surface area contributed by atoms with Crippen LogP contribution in [-0.4, -0.2) is 16.7 Å². The smallest absolute Gasteiger partial charge is 0.307 e. The van der Waals surface area contributed by atoms with E-state index in [1.54, 1.807) is 0 Å². The molecule has 0 spiro atoms. The summed E-state index contributed by atoms with van der Waals surface area (Å²) in [6.45, 7) is 2.98. The molecule has 1 heterocycles. The molecule has 1 aromatic carbocycles. The lowest BCUT2D eigenvalue weighted by Crippen LogP contribution is -1.97. The van der Waals surface area contributed by atoms with Gasteiger partial charge in [-0.25, -0.2) is 0 Å². The lowest BCUT2D eigenvalue weighted by molar-refractivity contribution is 0.304. The molecule has 23 heavy (non-hydrogen) atoms. The number of hydrogen-bond donors (Lipinski definition) is 2. The second kappa shape index (κ2) is 9.40. The molecule has 0 radical (unpaired) electrons. The highest BCUT2D eigenvalue weighted by Gasteiger charge is 2.07. The summed E-state index contributed by atoms with van der Waals surface area (Å²) in [5.41, 5.74) is 1.04. The van der Waals surface area contributed by atoms with Gasteiger partial charge in [-0.05, 0) is 24.1 Å². The summed E-state index contributed by atoms with van der Waals surface area (Å²) >= 11 is 1.05. The number of nitrogens with one attached hydrogen (secondary N) is 1. The Balaban J connectivity index is 1.72. The number of aromatic hydroxyl groups is 1. The van der Waals surface area contributed by atoms with Crippen LogP contribution in [0.1, 0.15) is 55.9 Å². The third-order valence-electron chi connectivity index (χ3n) is 3.76. The lowest BCUT2D eigenvalue weighted by Gasteiger charge is -2.07. The first kappa shape index (κ1) is 17.6. The fourth-order valence-corrected chi connectivity index (χ4v) is 3.19. The van der Waals surface area contributed by atoms with Crippen molar-refractivity contribution < 1.29 is 9.84 Å². The van der Waals surface area contributed by atoms with E-state index in [0.717, 1.165) is 35.7 Å². The van der Waals surface area contributed by atoms with Crippen LogP contribution in [0.25, 0.3) is 0 Å². The van der Waals surface area contributed by atoms with Gasteiger partial charge in [0.05, 0.1) is 11.5 Å². The summed E-state index contributed by atoms with van der Waals surface area (Å²) in [6.07, 6.45) is 8.09. The summed E-state index contributed by atoms with van der Waals surface area (Å²) < 4.78 is 5.74. The molecule has 126 valence electrons. The van der Waals surface area contributed by atoms with Crippen LogP contribution in [0, 0.1) is 0 Å². The Hall–Kier alpha value is -1.75. The minimum absolute atomic E-state index is 0.0246. The van der Waals surface area contributed by atoms with Gasteiger partial charge >= 0.3 is 4.87 Å². The second-order valence-corrected chi connectivity index (χ2v) is 6.79. The minimum Gasteiger partial charge on any atom is -0.494 e. The zero-order chi connectivity index (χ0) is 16.5. The van der Waals surface area contributed by atoms with Crippen LogP contribution < -0.4 is 9.61 Å². The van der Waals surface area contributed by atoms with Gasteiger partial charge in [0.2, 0.25) is 5.88 Å². The monoisotopic (exact) mass is 335 g/mol. The van der Waals surface area contributed by atoms with Crippen molar-refractivity contribution in [2.75, 3.05) is 6.61 Å². The number of aromatic nitrogens is 1. The zero-order valence-electron chi connectivity index (χ0n) is 13.6. The molecule has 0 fully saturated rings. The first-order valence-corrected chi connectivity index (χ1v) is 9.13. The Kier molecular flexibility index (Phi) is 7.20. The average molecular weight is 335 g/mol. The molecule has 0 unspecified atom stereocenters. The van der Waals surface area contributed by atoms with Crippen LogP contribution in [0.3, 0.4) is 0 Å². The first-order valence-electron chi connectivity index (χ1n) is 8.31. The molecular formula is C18H25NO3S. The van der Waals surface area contributed by atoms with Gasteiger partial charge in [-0.2, -0.15) is 0 Å². The van der Waals surface area contributed by atoms with Gasteiger partial charge in [-0.3, -0.25) is 9.78 Å². The van der Waals surface area contributed by atoms with Gasteiger partial charge in [0.1, 0.15) is 5.75 Å². The number of H-pyrrole nitrogens is 1. The first-order chi connectivity index (χ1) is 11.2. The van der Waals surface area contributed by atoms with Gasteiger partial charge in [0.25, 0.3) is 0 Å². The van der Waals surface area contributed by atoms with Crippen LogP contribution >= 0.6 is 11.3 Å². The van der Waals surface area contributed by atoms with Crippen LogP contribution in [0.2, 0.25) is 0 Å². The average Bonchev–Trinajstić information content (AvgIpc) is 2.85. The topological polar surface area (TPSA) is 62.3 Å². The number of thiazole rings is 1. The number of rotatable bonds is 10. The van der Waals surface area contributed by atoms with Crippen molar-refractivity contribution in [2.24, 2.45) is 0 Å². The van der Waals surface area contributed by atoms with E-state index in [1.165, 1.54) is 32.1 Å². The van der Waals surface area contributed by atoms with Crippen LogP contribution in [0.4, 0.5) is 0 Å². The van der Waals surface area contributed by atoms with Crippen molar-refractivity contribution >= 4 is 11.3 Å². The lowest BCUT2D eigenvalue weighted by atomic mass is 10.1. The number of aromatic amines is 1. The molecular weight excluding hydrogens is 310 g/mol. The quantitative estimate of drug-likeness (QED) is 0.630. The molecule has 0 bridgehead atoms. The van der Waals surface area contributed by atoms with Gasteiger partial charge in [-0.15, -0.1) is 0 Å². The molecule has 0 aliphatic carbocycles. The Morgan fingerprint density at radius 3 is 2.43 bits per heavy atom. The summed E-state index contributed by atoms with van der Waals surface area (Å²) in [5.74, 6) is 0.845. The van der Waals surface area contributed by atoms with Gasteiger partial charge in [-0.1, -0.05) is 62.5 Å². The number of hydrogen-bond acceptors (Lipinski definition) is 4. The number of benzene rings is 1. The largest absolute Gasteiger partial charge is 0.494 e. The zero-order valence-corrected chi connectivity index (χ0v) is 14.5. The third kappa shape index (κ3) is 6.10. The van der Waals surface area contributed by atoms with Gasteiger partial charge < -0.3 is 9.84 Å². The van der Waals surface area contributed by atoms with Crippen molar-refractivity contribution in [3.63, 3.8) is 0 Å². The van der Waals surface area contributed by atoms with Crippen molar-refractivity contribution in [3.05, 3.63) is 44.4 Å². The van der Waals surface area contributed by atoms with E-state index in [0.29, 0.717) is 11.3 Å². The predicted octanol–water partition coefficient (Wildman–Crippen LogP) is 4.47. The Morgan fingerprint density at radius 1 is 1.09 bits per heavy atom. The van der Waals surface area contributed by atoms with Crippen LogP contribution in [0.5, 0.6) is 11.6 Å². The number of unbranched alkanes of at least 4 members (excludes halogenated alkanes) is 5. The van der Waals surface area contributed by atoms with Crippen molar-refractivity contribution in [3.8, 4) is 11.6 Å². The molecule has 0 saturated heterocycles. The molecule has 0 amide bonds. The third-order valence-corrected chi connectivity index (χ3v) is 4.63. The Labute approximate surface area is 141 Å². The maximum atomic E-state index is 11.2. The van der Waals surface area contributed by atoms with Gasteiger partial charge in [0, 0.05) is 6.42 Å². The predicted molar refractivity (Wildman–Crippen MR) is 94.7 cm³/mol. The summed E-state index contributed by atoms with van der Waals surface area (Å²) in [7, 11) is 0. The minimum atomic E-state index is -0.226. The molecule has 1 aromatic heterocycles.